The molecule has 0 radical (unpaired) electrons. The van der Waals surface area contributed by atoms with Crippen LogP contribution in [-0.4, -0.2) is 46.4 Å². The molecule has 0 atom stereocenters. The van der Waals surface area contributed by atoms with Crippen molar-refractivity contribution in [2.45, 2.75) is 76.7 Å². The molecule has 1 amide bonds. The van der Waals surface area contributed by atoms with Crippen LogP contribution in [-0.2, 0) is 33.2 Å². The third kappa shape index (κ3) is 5.02. The minimum atomic E-state index is -3.51. The number of rotatable bonds is 8. The fraction of sp³-hybridized carbons (Fsp3) is 0.542. The number of nitrogens with one attached hydrogen (secondary N) is 1. The Balaban J connectivity index is 1.51. The number of aromatic nitrogens is 3. The number of amides is 1. The number of aryl methyl sites for hydroxylation is 2. The summed E-state index contributed by atoms with van der Waals surface area (Å²) in [6.07, 6.45) is 3.34. The maximum atomic E-state index is 13.0. The molecule has 0 aliphatic carbocycles. The van der Waals surface area contributed by atoms with Crippen molar-refractivity contribution < 1.29 is 17.7 Å². The number of hydrogen-bond donors (Lipinski definition) is 1. The van der Waals surface area contributed by atoms with E-state index in [0.717, 1.165) is 37.1 Å². The lowest BCUT2D eigenvalue weighted by atomic mass is 9.93. The van der Waals surface area contributed by atoms with Crippen LogP contribution >= 0.6 is 0 Å². The molecule has 10 heteroatoms. The zero-order chi connectivity index (χ0) is 24.5. The maximum absolute atomic E-state index is 13.0. The number of nitrogens with zero attached hydrogens (tertiary/aromatic N) is 4. The van der Waals surface area contributed by atoms with Gasteiger partial charge in [-0.1, -0.05) is 32.9 Å². The van der Waals surface area contributed by atoms with Gasteiger partial charge in [-0.3, -0.25) is 4.79 Å². The van der Waals surface area contributed by atoms with Crippen LogP contribution in [0.3, 0.4) is 0 Å². The van der Waals surface area contributed by atoms with Crippen LogP contribution in [0.1, 0.15) is 65.0 Å². The molecular formula is C24H33N5O4S. The number of carbonyl (C=O) groups is 1. The van der Waals surface area contributed by atoms with E-state index < -0.39 is 10.0 Å². The zero-order valence-electron chi connectivity index (χ0n) is 20.3. The molecule has 1 saturated heterocycles. The first kappa shape index (κ1) is 24.4. The summed E-state index contributed by atoms with van der Waals surface area (Å²) in [5.74, 6) is 1.68. The van der Waals surface area contributed by atoms with Crippen LogP contribution in [0.2, 0.25) is 0 Å². The average Bonchev–Trinajstić information content (AvgIpc) is 3.52. The second-order valence-electron chi connectivity index (χ2n) is 9.82. The SMILES string of the molecule is CCCn1c(CCC(=O)Nc2cc(C(C)(C)C)on2)nc2cc(S(=O)(=O)N3CCCC3)ccc21. The largest absolute Gasteiger partial charge is 0.359 e. The summed E-state index contributed by atoms with van der Waals surface area (Å²) in [5, 5.41) is 6.72. The van der Waals surface area contributed by atoms with E-state index in [1.54, 1.807) is 18.2 Å². The van der Waals surface area contributed by atoms with Crippen LogP contribution in [0.4, 0.5) is 5.82 Å². The highest BCUT2D eigenvalue weighted by atomic mass is 32.2. The highest BCUT2D eigenvalue weighted by Crippen LogP contribution is 2.27. The van der Waals surface area contributed by atoms with Gasteiger partial charge in [0.15, 0.2) is 5.82 Å². The molecule has 34 heavy (non-hydrogen) atoms. The summed E-state index contributed by atoms with van der Waals surface area (Å²) in [5.41, 5.74) is 1.32. The van der Waals surface area contributed by atoms with E-state index in [-0.39, 0.29) is 22.6 Å². The lowest BCUT2D eigenvalue weighted by molar-refractivity contribution is -0.116. The van der Waals surface area contributed by atoms with Gasteiger partial charge in [-0.15, -0.1) is 0 Å². The lowest BCUT2D eigenvalue weighted by Crippen LogP contribution is -2.27. The van der Waals surface area contributed by atoms with Crippen LogP contribution in [0, 0.1) is 0 Å². The quantitative estimate of drug-likeness (QED) is 0.512. The van der Waals surface area contributed by atoms with Crippen LogP contribution < -0.4 is 5.32 Å². The standard InChI is InChI=1S/C24H33N5O4S/c1-5-12-29-19-9-8-17(34(31,32)28-13-6-7-14-28)15-18(19)25-22(29)10-11-23(30)26-21-16-20(33-27-21)24(2,3)4/h8-9,15-16H,5-7,10-14H2,1-4H3,(H,26,27,30). The van der Waals surface area contributed by atoms with Crippen LogP contribution in [0.15, 0.2) is 33.7 Å². The van der Waals surface area contributed by atoms with Gasteiger partial charge in [-0.05, 0) is 37.5 Å². The molecule has 0 saturated carbocycles. The predicted octanol–water partition coefficient (Wildman–Crippen LogP) is 4.09. The second-order valence-corrected chi connectivity index (χ2v) is 11.8. The zero-order valence-corrected chi connectivity index (χ0v) is 21.1. The Bertz CT molecular complexity index is 1280. The van der Waals surface area contributed by atoms with E-state index in [1.807, 2.05) is 26.8 Å². The van der Waals surface area contributed by atoms with Crippen molar-refractivity contribution in [1.82, 2.24) is 19.0 Å². The highest BCUT2D eigenvalue weighted by Gasteiger charge is 2.28. The van der Waals surface area contributed by atoms with E-state index in [1.165, 1.54) is 4.31 Å². The summed E-state index contributed by atoms with van der Waals surface area (Å²) < 4.78 is 34.9. The van der Waals surface area contributed by atoms with E-state index in [0.29, 0.717) is 36.6 Å². The average molecular weight is 488 g/mol. The number of carbonyl (C=O) groups excluding carboxylic acids is 1. The van der Waals surface area contributed by atoms with Gasteiger partial charge in [0.2, 0.25) is 15.9 Å². The van der Waals surface area contributed by atoms with Gasteiger partial charge in [0, 0.05) is 44.0 Å². The monoisotopic (exact) mass is 487 g/mol. The van der Waals surface area contributed by atoms with Crippen molar-refractivity contribution in [3.8, 4) is 0 Å². The van der Waals surface area contributed by atoms with Gasteiger partial charge in [0.25, 0.3) is 0 Å². The minimum absolute atomic E-state index is 0.179. The number of sulfonamides is 1. The van der Waals surface area contributed by atoms with Gasteiger partial charge >= 0.3 is 0 Å². The molecule has 1 aliphatic heterocycles. The third-order valence-electron chi connectivity index (χ3n) is 6.04. The fourth-order valence-electron chi connectivity index (χ4n) is 4.18. The molecule has 184 valence electrons. The van der Waals surface area contributed by atoms with Gasteiger partial charge in [-0.25, -0.2) is 13.4 Å². The minimum Gasteiger partial charge on any atom is -0.359 e. The molecule has 2 aromatic heterocycles. The molecule has 0 bridgehead atoms. The Morgan fingerprint density at radius 3 is 2.56 bits per heavy atom. The molecule has 4 rings (SSSR count). The normalized spacial score (nSPS) is 15.3. The van der Waals surface area contributed by atoms with E-state index in [4.69, 9.17) is 9.51 Å². The van der Waals surface area contributed by atoms with E-state index >= 15 is 0 Å². The van der Waals surface area contributed by atoms with Crippen LogP contribution in [0.25, 0.3) is 11.0 Å². The molecule has 9 nitrogen and oxygen atoms in total. The predicted molar refractivity (Wildman–Crippen MR) is 130 cm³/mol. The highest BCUT2D eigenvalue weighted by molar-refractivity contribution is 7.89. The topological polar surface area (TPSA) is 110 Å². The van der Waals surface area contributed by atoms with Crippen molar-refractivity contribution in [3.63, 3.8) is 0 Å². The first-order chi connectivity index (χ1) is 16.1. The first-order valence-electron chi connectivity index (χ1n) is 11.9. The van der Waals surface area contributed by atoms with Gasteiger partial charge in [0.05, 0.1) is 15.9 Å². The van der Waals surface area contributed by atoms with Crippen molar-refractivity contribution in [2.75, 3.05) is 18.4 Å². The summed E-state index contributed by atoms with van der Waals surface area (Å²) in [7, 11) is -3.51. The molecular weight excluding hydrogens is 454 g/mol. The van der Waals surface area contributed by atoms with Crippen LogP contribution in [0.5, 0.6) is 0 Å². The fourth-order valence-corrected chi connectivity index (χ4v) is 5.72. The Morgan fingerprint density at radius 1 is 1.18 bits per heavy atom. The van der Waals surface area contributed by atoms with Gasteiger partial charge in [0.1, 0.15) is 11.6 Å². The summed E-state index contributed by atoms with van der Waals surface area (Å²) in [6.45, 7) is 9.98. The summed E-state index contributed by atoms with van der Waals surface area (Å²) in [4.78, 5) is 17.5. The number of fused-ring (bicyclic) bond motifs is 1. The number of benzene rings is 1. The Kier molecular flexibility index (Phi) is 6.82. The lowest BCUT2D eigenvalue weighted by Gasteiger charge is -2.15. The number of hydrogen-bond acceptors (Lipinski definition) is 6. The Labute approximate surface area is 200 Å². The van der Waals surface area contributed by atoms with Gasteiger partial charge < -0.3 is 14.4 Å². The molecule has 1 fully saturated rings. The Morgan fingerprint density at radius 2 is 1.91 bits per heavy atom. The number of anilines is 1. The van der Waals surface area contributed by atoms with Crippen molar-refractivity contribution in [2.24, 2.45) is 0 Å². The summed E-state index contributed by atoms with van der Waals surface area (Å²) >= 11 is 0. The molecule has 1 N–H and O–H groups in total. The molecule has 1 aliphatic rings. The molecule has 3 heterocycles. The van der Waals surface area contributed by atoms with Crippen molar-refractivity contribution in [3.05, 3.63) is 35.9 Å². The molecule has 0 spiro atoms. The van der Waals surface area contributed by atoms with E-state index in [2.05, 4.69) is 22.0 Å². The summed E-state index contributed by atoms with van der Waals surface area (Å²) in [6, 6.07) is 6.89. The smallest absolute Gasteiger partial charge is 0.243 e. The first-order valence-corrected chi connectivity index (χ1v) is 13.3. The van der Waals surface area contributed by atoms with Gasteiger partial charge in [-0.2, -0.15) is 4.31 Å². The van der Waals surface area contributed by atoms with E-state index in [9.17, 15) is 13.2 Å². The molecule has 0 unspecified atom stereocenters. The molecule has 1 aromatic carbocycles. The number of imidazole rings is 1. The van der Waals surface area contributed by atoms with Crippen molar-refractivity contribution >= 4 is 32.8 Å². The Hall–Kier alpha value is -2.72. The maximum Gasteiger partial charge on any atom is 0.243 e. The molecule has 3 aromatic rings. The second kappa shape index (κ2) is 9.50. The third-order valence-corrected chi connectivity index (χ3v) is 7.94. The van der Waals surface area contributed by atoms with Crippen molar-refractivity contribution in [1.29, 1.82) is 0 Å².